The van der Waals surface area contributed by atoms with Gasteiger partial charge in [0.1, 0.15) is 18.2 Å². The number of amides is 1. The number of hydrogen-bond donors (Lipinski definition) is 2. The number of pyridine rings is 1. The molecule has 0 unspecified atom stereocenters. The van der Waals surface area contributed by atoms with Gasteiger partial charge in [-0.1, -0.05) is 25.1 Å². The van der Waals surface area contributed by atoms with Crippen LogP contribution >= 0.6 is 13.5 Å². The van der Waals surface area contributed by atoms with E-state index in [2.05, 4.69) is 54.4 Å². The van der Waals surface area contributed by atoms with Crippen LogP contribution in [0.1, 0.15) is 41.6 Å². The fourth-order valence-electron chi connectivity index (χ4n) is 4.67. The molecule has 0 radical (unpaired) electrons. The number of nitrogens with one attached hydrogen (secondary N) is 2. The van der Waals surface area contributed by atoms with Gasteiger partial charge in [-0.15, -0.1) is 0 Å². The third-order valence-electron chi connectivity index (χ3n) is 6.92. The van der Waals surface area contributed by atoms with Gasteiger partial charge >= 0.3 is 6.01 Å². The number of fused-ring (bicyclic) bond motifs is 1. The maximum atomic E-state index is 12.3. The Labute approximate surface area is 235 Å². The summed E-state index contributed by atoms with van der Waals surface area (Å²) in [4.78, 5) is 36.8. The number of para-hydroxylation sites is 1. The topological polar surface area (TPSA) is 118 Å². The molecule has 2 N–H and O–H groups in total. The fourth-order valence-corrected chi connectivity index (χ4v) is 4.67. The van der Waals surface area contributed by atoms with E-state index in [1.165, 1.54) is 6.33 Å². The number of ether oxygens (including phenoxy) is 1. The molecule has 0 saturated carbocycles. The van der Waals surface area contributed by atoms with Gasteiger partial charge in [0.15, 0.2) is 0 Å². The maximum absolute atomic E-state index is 12.3. The minimum absolute atomic E-state index is 0. The molecule has 4 heterocycles. The molecule has 11 heteroatoms. The molecule has 4 aromatic rings. The van der Waals surface area contributed by atoms with Crippen molar-refractivity contribution in [3.63, 3.8) is 0 Å². The van der Waals surface area contributed by atoms with Crippen LogP contribution in [-0.2, 0) is 0 Å². The van der Waals surface area contributed by atoms with Crippen molar-refractivity contribution in [2.24, 2.45) is 0 Å². The Balaban J connectivity index is 0.00000353. The summed E-state index contributed by atoms with van der Waals surface area (Å²) in [5.41, 5.74) is 4.02. The Kier molecular flexibility index (Phi) is 9.26. The Hall–Kier alpha value is -3.83. The molecule has 1 fully saturated rings. The number of piperidine rings is 1. The summed E-state index contributed by atoms with van der Waals surface area (Å²) in [5.74, 6) is 0.691. The first-order chi connectivity index (χ1) is 18.5. The number of likely N-dealkylation sites (tertiary alicyclic amines) is 1. The Morgan fingerprint density at radius 2 is 1.87 bits per heavy atom. The van der Waals surface area contributed by atoms with Gasteiger partial charge in [0, 0.05) is 68.2 Å². The zero-order valence-electron chi connectivity index (χ0n) is 22.4. The van der Waals surface area contributed by atoms with Gasteiger partial charge in [-0.3, -0.25) is 9.78 Å². The van der Waals surface area contributed by atoms with Crippen molar-refractivity contribution in [1.29, 1.82) is 0 Å². The third-order valence-corrected chi connectivity index (χ3v) is 6.92. The van der Waals surface area contributed by atoms with Crippen LogP contribution < -0.4 is 15.4 Å². The highest BCUT2D eigenvalue weighted by Gasteiger charge is 2.19. The van der Waals surface area contributed by atoms with Gasteiger partial charge in [-0.05, 0) is 31.5 Å². The Morgan fingerprint density at radius 3 is 2.62 bits per heavy atom. The van der Waals surface area contributed by atoms with Gasteiger partial charge in [-0.25, -0.2) is 19.9 Å². The van der Waals surface area contributed by atoms with Crippen LogP contribution in [-0.4, -0.2) is 75.6 Å². The van der Waals surface area contributed by atoms with Crippen molar-refractivity contribution >= 4 is 36.1 Å². The van der Waals surface area contributed by atoms with E-state index in [1.54, 1.807) is 31.7 Å². The van der Waals surface area contributed by atoms with Gasteiger partial charge in [0.2, 0.25) is 0 Å². The van der Waals surface area contributed by atoms with Crippen molar-refractivity contribution < 1.29 is 9.53 Å². The first kappa shape index (κ1) is 28.2. The average molecular weight is 547 g/mol. The second-order valence-electron chi connectivity index (χ2n) is 9.63. The number of carbonyl (C=O) groups is 1. The highest BCUT2D eigenvalue weighted by molar-refractivity contribution is 7.59. The molecule has 0 bridgehead atoms. The molecule has 1 aliphatic heterocycles. The summed E-state index contributed by atoms with van der Waals surface area (Å²) in [6.45, 7) is 4.79. The van der Waals surface area contributed by atoms with Crippen molar-refractivity contribution in [2.75, 3.05) is 39.0 Å². The number of nitrogens with zero attached hydrogens (tertiary/aromatic N) is 6. The summed E-state index contributed by atoms with van der Waals surface area (Å²) in [5, 5.41) is 6.94. The van der Waals surface area contributed by atoms with Crippen molar-refractivity contribution in [3.8, 4) is 17.3 Å². The van der Waals surface area contributed by atoms with E-state index >= 15 is 0 Å². The maximum Gasteiger partial charge on any atom is 0.316 e. The SMILES string of the molecule is CNC(=O)c1ccnc2c([C@H](C)CNc3cc(-c4cnc(OC5CCN(C)CC5)nc4)ncn3)cccc12.S. The van der Waals surface area contributed by atoms with Gasteiger partial charge < -0.3 is 20.3 Å². The average Bonchev–Trinajstić information content (AvgIpc) is 2.96. The molecule has 1 aromatic carbocycles. The lowest BCUT2D eigenvalue weighted by atomic mass is 9.96. The molecular weight excluding hydrogens is 512 g/mol. The van der Waals surface area contributed by atoms with E-state index in [4.69, 9.17) is 4.74 Å². The molecule has 1 aliphatic rings. The lowest BCUT2D eigenvalue weighted by Crippen LogP contribution is -2.35. The van der Waals surface area contributed by atoms with Gasteiger partial charge in [0.05, 0.1) is 16.8 Å². The fraction of sp³-hybridized carbons (Fsp3) is 0.357. The summed E-state index contributed by atoms with van der Waals surface area (Å²) >= 11 is 0. The molecule has 204 valence electrons. The molecular formula is C28H34N8O2S. The minimum Gasteiger partial charge on any atom is -0.460 e. The summed E-state index contributed by atoms with van der Waals surface area (Å²) in [7, 11) is 3.75. The standard InChI is InChI=1S/C28H32N8O2.H2S/c1-18(21-5-4-6-22-23(27(37)29-2)7-10-30-26(21)22)14-31-25-13-24(34-17-35-25)19-15-32-28(33-16-19)38-20-8-11-36(3)12-9-20;/h4-7,10,13,15-18,20H,8-9,11-12,14H2,1-3H3,(H,29,37)(H,31,34,35);1H2/t18-;/m1./s1. The molecule has 39 heavy (non-hydrogen) atoms. The number of carbonyl (C=O) groups excluding carboxylic acids is 1. The molecule has 0 spiro atoms. The Morgan fingerprint density at radius 1 is 1.10 bits per heavy atom. The predicted molar refractivity (Wildman–Crippen MR) is 157 cm³/mol. The molecule has 5 rings (SSSR count). The van der Waals surface area contributed by atoms with Crippen LogP contribution in [0.2, 0.25) is 0 Å². The minimum atomic E-state index is -0.126. The number of rotatable bonds is 8. The van der Waals surface area contributed by atoms with Crippen LogP contribution in [0.5, 0.6) is 6.01 Å². The molecule has 0 aliphatic carbocycles. The highest BCUT2D eigenvalue weighted by atomic mass is 32.1. The molecule has 1 atom stereocenters. The number of aromatic nitrogens is 5. The normalized spacial score (nSPS) is 14.8. The quantitative estimate of drug-likeness (QED) is 0.341. The molecule has 1 saturated heterocycles. The number of anilines is 1. The van der Waals surface area contributed by atoms with E-state index < -0.39 is 0 Å². The highest BCUT2D eigenvalue weighted by Crippen LogP contribution is 2.27. The predicted octanol–water partition coefficient (Wildman–Crippen LogP) is 3.64. The van der Waals surface area contributed by atoms with Crippen molar-refractivity contribution in [2.45, 2.75) is 31.8 Å². The molecule has 1 amide bonds. The van der Waals surface area contributed by atoms with Crippen molar-refractivity contribution in [3.05, 3.63) is 66.4 Å². The molecule has 3 aromatic heterocycles. The summed E-state index contributed by atoms with van der Waals surface area (Å²) in [6.07, 6.45) is 8.78. The van der Waals surface area contributed by atoms with Gasteiger partial charge in [-0.2, -0.15) is 13.5 Å². The van der Waals surface area contributed by atoms with Crippen LogP contribution in [0.4, 0.5) is 5.82 Å². The second kappa shape index (κ2) is 12.8. The monoisotopic (exact) mass is 546 g/mol. The number of benzene rings is 1. The first-order valence-corrected chi connectivity index (χ1v) is 12.8. The van der Waals surface area contributed by atoms with E-state index in [1.807, 2.05) is 24.3 Å². The summed E-state index contributed by atoms with van der Waals surface area (Å²) in [6, 6.07) is 9.96. The molecule has 10 nitrogen and oxygen atoms in total. The van der Waals surface area contributed by atoms with Crippen LogP contribution in [0.25, 0.3) is 22.2 Å². The van der Waals surface area contributed by atoms with Crippen LogP contribution in [0.15, 0.2) is 55.2 Å². The smallest absolute Gasteiger partial charge is 0.316 e. The number of hydrogen-bond acceptors (Lipinski definition) is 9. The zero-order chi connectivity index (χ0) is 26.5. The van der Waals surface area contributed by atoms with Crippen LogP contribution in [0, 0.1) is 0 Å². The zero-order valence-corrected chi connectivity index (χ0v) is 23.4. The lowest BCUT2D eigenvalue weighted by Gasteiger charge is -2.28. The van der Waals surface area contributed by atoms with Gasteiger partial charge in [0.25, 0.3) is 5.91 Å². The second-order valence-corrected chi connectivity index (χ2v) is 9.63. The van der Waals surface area contributed by atoms with E-state index in [0.717, 1.165) is 53.7 Å². The summed E-state index contributed by atoms with van der Waals surface area (Å²) < 4.78 is 5.96. The van der Waals surface area contributed by atoms with Crippen molar-refractivity contribution in [1.82, 2.24) is 35.1 Å². The van der Waals surface area contributed by atoms with Crippen LogP contribution in [0.3, 0.4) is 0 Å². The van der Waals surface area contributed by atoms with E-state index in [9.17, 15) is 4.79 Å². The van der Waals surface area contributed by atoms with E-state index in [-0.39, 0.29) is 31.4 Å². The first-order valence-electron chi connectivity index (χ1n) is 12.8. The third kappa shape index (κ3) is 6.61. The van der Waals surface area contributed by atoms with E-state index in [0.29, 0.717) is 23.9 Å². The Bertz CT molecular complexity index is 1410. The lowest BCUT2D eigenvalue weighted by molar-refractivity contribution is 0.0964. The largest absolute Gasteiger partial charge is 0.460 e.